The zero-order valence-corrected chi connectivity index (χ0v) is 10.9. The normalized spacial score (nSPS) is 14.8. The van der Waals surface area contributed by atoms with Gasteiger partial charge in [-0.05, 0) is 39.0 Å². The van der Waals surface area contributed by atoms with Crippen molar-refractivity contribution in [2.24, 2.45) is 5.92 Å². The first-order chi connectivity index (χ1) is 7.72. The Kier molecular flexibility index (Phi) is 5.50. The molecule has 2 N–H and O–H groups in total. The molecule has 1 aromatic rings. The van der Waals surface area contributed by atoms with E-state index in [4.69, 9.17) is 0 Å². The molecule has 2 atom stereocenters. The molecule has 0 aliphatic heterocycles. The minimum absolute atomic E-state index is 0.442. The van der Waals surface area contributed by atoms with E-state index in [-0.39, 0.29) is 0 Å². The molecule has 0 radical (unpaired) electrons. The minimum Gasteiger partial charge on any atom is -0.319 e. The number of rotatable bonds is 6. The van der Waals surface area contributed by atoms with Crippen molar-refractivity contribution < 1.29 is 0 Å². The maximum atomic E-state index is 3.44. The fourth-order valence-corrected chi connectivity index (χ4v) is 2.30. The molecule has 0 spiro atoms. The van der Waals surface area contributed by atoms with Crippen molar-refractivity contribution in [3.05, 3.63) is 35.4 Å². The molecular weight excluding hydrogens is 196 g/mol. The van der Waals surface area contributed by atoms with Crippen LogP contribution in [0.15, 0.2) is 24.3 Å². The van der Waals surface area contributed by atoms with E-state index in [0.717, 1.165) is 6.54 Å². The predicted octanol–water partition coefficient (Wildman–Crippen LogP) is 2.50. The Labute approximate surface area is 99.5 Å². The lowest BCUT2D eigenvalue weighted by Crippen LogP contribution is -2.31. The SMILES string of the molecule is CCC(CNC)C(NC)c1cccc(C)c1. The Hall–Kier alpha value is -0.860. The van der Waals surface area contributed by atoms with Crippen LogP contribution in [-0.4, -0.2) is 20.6 Å². The molecule has 0 bridgehead atoms. The van der Waals surface area contributed by atoms with Crippen LogP contribution in [0.25, 0.3) is 0 Å². The third-order valence-electron chi connectivity index (χ3n) is 3.17. The van der Waals surface area contributed by atoms with E-state index in [1.165, 1.54) is 17.5 Å². The zero-order chi connectivity index (χ0) is 12.0. The maximum absolute atomic E-state index is 3.44. The summed E-state index contributed by atoms with van der Waals surface area (Å²) in [7, 11) is 4.07. The molecule has 0 saturated carbocycles. The van der Waals surface area contributed by atoms with E-state index >= 15 is 0 Å². The van der Waals surface area contributed by atoms with Gasteiger partial charge < -0.3 is 10.6 Å². The molecule has 0 aromatic heterocycles. The maximum Gasteiger partial charge on any atom is 0.0358 e. The second-order valence-electron chi connectivity index (χ2n) is 4.41. The molecular formula is C14H24N2. The zero-order valence-electron chi connectivity index (χ0n) is 10.9. The van der Waals surface area contributed by atoms with Crippen molar-refractivity contribution >= 4 is 0 Å². The van der Waals surface area contributed by atoms with Crippen LogP contribution in [-0.2, 0) is 0 Å². The van der Waals surface area contributed by atoms with E-state index in [1.54, 1.807) is 0 Å². The molecule has 90 valence electrons. The Morgan fingerprint density at radius 1 is 1.25 bits per heavy atom. The fourth-order valence-electron chi connectivity index (χ4n) is 2.30. The molecule has 2 unspecified atom stereocenters. The number of hydrogen-bond acceptors (Lipinski definition) is 2. The Morgan fingerprint density at radius 2 is 2.00 bits per heavy atom. The van der Waals surface area contributed by atoms with Gasteiger partial charge >= 0.3 is 0 Å². The fraction of sp³-hybridized carbons (Fsp3) is 0.571. The first-order valence-corrected chi connectivity index (χ1v) is 6.11. The Bertz CT molecular complexity index is 309. The molecule has 0 heterocycles. The van der Waals surface area contributed by atoms with Crippen LogP contribution in [0, 0.1) is 12.8 Å². The molecule has 0 fully saturated rings. The summed E-state index contributed by atoms with van der Waals surface area (Å²) < 4.78 is 0. The van der Waals surface area contributed by atoms with Crippen LogP contribution in [0.4, 0.5) is 0 Å². The molecule has 16 heavy (non-hydrogen) atoms. The van der Waals surface area contributed by atoms with Gasteiger partial charge in [0.05, 0.1) is 0 Å². The second kappa shape index (κ2) is 6.66. The summed E-state index contributed by atoms with van der Waals surface area (Å²) in [5.74, 6) is 0.636. The van der Waals surface area contributed by atoms with E-state index in [0.29, 0.717) is 12.0 Å². The van der Waals surface area contributed by atoms with Crippen molar-refractivity contribution in [2.45, 2.75) is 26.3 Å². The molecule has 0 saturated heterocycles. The van der Waals surface area contributed by atoms with Crippen LogP contribution in [0.1, 0.15) is 30.5 Å². The third-order valence-corrected chi connectivity index (χ3v) is 3.17. The van der Waals surface area contributed by atoms with Crippen LogP contribution < -0.4 is 10.6 Å². The van der Waals surface area contributed by atoms with Crippen molar-refractivity contribution in [3.8, 4) is 0 Å². The van der Waals surface area contributed by atoms with Gasteiger partial charge in [0.15, 0.2) is 0 Å². The highest BCUT2D eigenvalue weighted by Gasteiger charge is 2.19. The number of benzene rings is 1. The largest absolute Gasteiger partial charge is 0.319 e. The van der Waals surface area contributed by atoms with Gasteiger partial charge in [-0.1, -0.05) is 43.2 Å². The molecule has 1 rings (SSSR count). The smallest absolute Gasteiger partial charge is 0.0358 e. The van der Waals surface area contributed by atoms with Gasteiger partial charge in [-0.15, -0.1) is 0 Å². The van der Waals surface area contributed by atoms with Crippen molar-refractivity contribution in [2.75, 3.05) is 20.6 Å². The highest BCUT2D eigenvalue weighted by Crippen LogP contribution is 2.24. The summed E-state index contributed by atoms with van der Waals surface area (Å²) in [4.78, 5) is 0. The lowest BCUT2D eigenvalue weighted by atomic mass is 9.90. The number of hydrogen-bond donors (Lipinski definition) is 2. The van der Waals surface area contributed by atoms with Crippen molar-refractivity contribution in [1.29, 1.82) is 0 Å². The van der Waals surface area contributed by atoms with Crippen molar-refractivity contribution in [3.63, 3.8) is 0 Å². The molecule has 0 aliphatic rings. The second-order valence-corrected chi connectivity index (χ2v) is 4.41. The van der Waals surface area contributed by atoms with Gasteiger partial charge in [0.25, 0.3) is 0 Å². The molecule has 2 nitrogen and oxygen atoms in total. The molecule has 0 amide bonds. The lowest BCUT2D eigenvalue weighted by Gasteiger charge is -2.26. The van der Waals surface area contributed by atoms with Crippen molar-refractivity contribution in [1.82, 2.24) is 10.6 Å². The van der Waals surface area contributed by atoms with E-state index in [2.05, 4.69) is 48.7 Å². The quantitative estimate of drug-likeness (QED) is 0.769. The monoisotopic (exact) mass is 220 g/mol. The Morgan fingerprint density at radius 3 is 2.50 bits per heavy atom. The standard InChI is InChI=1S/C14H24N2/c1-5-12(10-15-3)14(16-4)13-8-6-7-11(2)9-13/h6-9,12,14-16H,5,10H2,1-4H3. The molecule has 1 aromatic carbocycles. The average molecular weight is 220 g/mol. The van der Waals surface area contributed by atoms with Gasteiger partial charge in [-0.25, -0.2) is 0 Å². The van der Waals surface area contributed by atoms with E-state index in [1.807, 2.05) is 14.1 Å². The molecule has 0 aliphatic carbocycles. The minimum atomic E-state index is 0.442. The summed E-state index contributed by atoms with van der Waals surface area (Å²) in [5.41, 5.74) is 2.72. The predicted molar refractivity (Wildman–Crippen MR) is 70.7 cm³/mol. The average Bonchev–Trinajstić information content (AvgIpc) is 2.29. The van der Waals surface area contributed by atoms with Gasteiger partial charge in [-0.3, -0.25) is 0 Å². The number of aryl methyl sites for hydroxylation is 1. The topological polar surface area (TPSA) is 24.1 Å². The van der Waals surface area contributed by atoms with Gasteiger partial charge in [0, 0.05) is 6.04 Å². The lowest BCUT2D eigenvalue weighted by molar-refractivity contribution is 0.359. The van der Waals surface area contributed by atoms with Crippen LogP contribution in [0.5, 0.6) is 0 Å². The van der Waals surface area contributed by atoms with Gasteiger partial charge in [0.2, 0.25) is 0 Å². The summed E-state index contributed by atoms with van der Waals surface area (Å²) in [5, 5.41) is 6.72. The Balaban J connectivity index is 2.87. The summed E-state index contributed by atoms with van der Waals surface area (Å²) in [6.07, 6.45) is 1.18. The van der Waals surface area contributed by atoms with Crippen LogP contribution >= 0.6 is 0 Å². The van der Waals surface area contributed by atoms with E-state index < -0.39 is 0 Å². The third kappa shape index (κ3) is 3.32. The molecule has 2 heteroatoms. The highest BCUT2D eigenvalue weighted by molar-refractivity contribution is 5.25. The highest BCUT2D eigenvalue weighted by atomic mass is 14.9. The van der Waals surface area contributed by atoms with Crippen LogP contribution in [0.2, 0.25) is 0 Å². The summed E-state index contributed by atoms with van der Waals surface area (Å²) in [6, 6.07) is 9.22. The summed E-state index contributed by atoms with van der Waals surface area (Å²) >= 11 is 0. The first kappa shape index (κ1) is 13.2. The van der Waals surface area contributed by atoms with E-state index in [9.17, 15) is 0 Å². The first-order valence-electron chi connectivity index (χ1n) is 6.11. The van der Waals surface area contributed by atoms with Gasteiger partial charge in [0.1, 0.15) is 0 Å². The summed E-state index contributed by atoms with van der Waals surface area (Å²) in [6.45, 7) is 5.45. The van der Waals surface area contributed by atoms with Gasteiger partial charge in [-0.2, -0.15) is 0 Å². The number of nitrogens with one attached hydrogen (secondary N) is 2. The van der Waals surface area contributed by atoms with Crippen LogP contribution in [0.3, 0.4) is 0 Å².